The molecule has 1 amide bonds. The minimum atomic E-state index is -2.88. The third-order valence-electron chi connectivity index (χ3n) is 3.16. The number of carbonyl (C=O) groups is 2. The summed E-state index contributed by atoms with van der Waals surface area (Å²) in [6.45, 7) is 0.545. The van der Waals surface area contributed by atoms with E-state index in [1.54, 1.807) is 13.8 Å². The van der Waals surface area contributed by atoms with Crippen LogP contribution in [0, 0.1) is 5.41 Å². The lowest BCUT2D eigenvalue weighted by Gasteiger charge is -2.18. The normalized spacial score (nSPS) is 11.3. The number of nitrogens with one attached hydrogen (secondary N) is 1. The van der Waals surface area contributed by atoms with Gasteiger partial charge in [0.05, 0.1) is 11.8 Å². The molecule has 22 heavy (non-hydrogen) atoms. The summed E-state index contributed by atoms with van der Waals surface area (Å²) in [6.07, 6.45) is 0.400. The summed E-state index contributed by atoms with van der Waals surface area (Å²) in [7, 11) is 0. The molecule has 7 heteroatoms. The highest BCUT2D eigenvalue weighted by Gasteiger charge is 2.26. The monoisotopic (exact) mass is 315 g/mol. The Kier molecular flexibility index (Phi) is 6.27. The molecule has 0 unspecified atom stereocenters. The fourth-order valence-corrected chi connectivity index (χ4v) is 1.66. The molecule has 0 bridgehead atoms. The van der Waals surface area contributed by atoms with E-state index in [1.807, 2.05) is 0 Å². The van der Waals surface area contributed by atoms with Crippen LogP contribution in [0.4, 0.5) is 8.78 Å². The zero-order valence-electron chi connectivity index (χ0n) is 12.4. The van der Waals surface area contributed by atoms with Crippen molar-refractivity contribution in [1.29, 1.82) is 0 Å². The van der Waals surface area contributed by atoms with Gasteiger partial charge in [0.25, 0.3) is 0 Å². The average Bonchev–Trinajstić information content (AvgIpc) is 2.40. The van der Waals surface area contributed by atoms with E-state index in [0.717, 1.165) is 0 Å². The molecule has 5 nitrogen and oxygen atoms in total. The number of carboxylic acid groups (broad SMARTS) is 1. The molecule has 0 aromatic heterocycles. The summed E-state index contributed by atoms with van der Waals surface area (Å²) >= 11 is 0. The summed E-state index contributed by atoms with van der Waals surface area (Å²) in [4.78, 5) is 22.6. The van der Waals surface area contributed by atoms with Crippen molar-refractivity contribution in [2.24, 2.45) is 5.41 Å². The maximum absolute atomic E-state index is 12.0. The quantitative estimate of drug-likeness (QED) is 0.772. The lowest BCUT2D eigenvalue weighted by molar-refractivity contribution is -0.147. The fourth-order valence-electron chi connectivity index (χ4n) is 1.66. The molecular weight excluding hydrogens is 296 g/mol. The summed E-state index contributed by atoms with van der Waals surface area (Å²) in [5.74, 6) is -1.15. The summed E-state index contributed by atoms with van der Waals surface area (Å²) < 4.78 is 28.2. The summed E-state index contributed by atoms with van der Waals surface area (Å²) in [5, 5.41) is 11.6. The van der Waals surface area contributed by atoms with Crippen LogP contribution in [0.5, 0.6) is 5.75 Å². The number of rotatable bonds is 8. The van der Waals surface area contributed by atoms with Gasteiger partial charge in [-0.25, -0.2) is 0 Å². The topological polar surface area (TPSA) is 75.6 Å². The minimum Gasteiger partial charge on any atom is -0.481 e. The van der Waals surface area contributed by atoms with Crippen LogP contribution in [-0.2, 0) is 16.0 Å². The maximum atomic E-state index is 12.0. The molecule has 0 radical (unpaired) electrons. The predicted octanol–water partition coefficient (Wildman–Crippen LogP) is 2.45. The fraction of sp³-hybridized carbons (Fsp3) is 0.467. The van der Waals surface area contributed by atoms with E-state index in [1.165, 1.54) is 24.3 Å². The second-order valence-corrected chi connectivity index (χ2v) is 5.49. The molecule has 0 aliphatic carbocycles. The molecule has 0 aliphatic heterocycles. The molecule has 0 atom stereocenters. The summed E-state index contributed by atoms with van der Waals surface area (Å²) in [5.41, 5.74) is -0.252. The van der Waals surface area contributed by atoms with Crippen LogP contribution in [0.25, 0.3) is 0 Å². The Balaban J connectivity index is 2.40. The SMILES string of the molecule is CC(C)(CCNC(=O)Cc1ccc(OC(F)F)cc1)C(=O)O. The number of hydrogen-bond donors (Lipinski definition) is 2. The van der Waals surface area contributed by atoms with Crippen molar-refractivity contribution >= 4 is 11.9 Å². The molecule has 1 aromatic carbocycles. The van der Waals surface area contributed by atoms with Crippen molar-refractivity contribution in [2.75, 3.05) is 6.54 Å². The Bertz CT molecular complexity index is 515. The smallest absolute Gasteiger partial charge is 0.387 e. The second-order valence-electron chi connectivity index (χ2n) is 5.49. The van der Waals surface area contributed by atoms with Crippen LogP contribution < -0.4 is 10.1 Å². The van der Waals surface area contributed by atoms with Crippen molar-refractivity contribution in [3.63, 3.8) is 0 Å². The number of benzene rings is 1. The number of aliphatic carboxylic acids is 1. The van der Waals surface area contributed by atoms with Crippen LogP contribution >= 0.6 is 0 Å². The zero-order valence-corrected chi connectivity index (χ0v) is 12.4. The molecule has 1 rings (SSSR count). The highest BCUT2D eigenvalue weighted by atomic mass is 19.3. The lowest BCUT2D eigenvalue weighted by atomic mass is 9.90. The lowest BCUT2D eigenvalue weighted by Crippen LogP contribution is -2.32. The third kappa shape index (κ3) is 6.07. The first-order valence-corrected chi connectivity index (χ1v) is 6.74. The van der Waals surface area contributed by atoms with E-state index < -0.39 is 18.0 Å². The van der Waals surface area contributed by atoms with Gasteiger partial charge in [-0.3, -0.25) is 9.59 Å². The number of amides is 1. The molecule has 0 saturated carbocycles. The maximum Gasteiger partial charge on any atom is 0.387 e. The van der Waals surface area contributed by atoms with Crippen LogP contribution in [0.3, 0.4) is 0 Å². The largest absolute Gasteiger partial charge is 0.481 e. The van der Waals surface area contributed by atoms with E-state index in [0.29, 0.717) is 12.0 Å². The highest BCUT2D eigenvalue weighted by Crippen LogP contribution is 2.19. The van der Waals surface area contributed by atoms with Gasteiger partial charge in [-0.2, -0.15) is 8.78 Å². The number of halogens is 2. The molecule has 2 N–H and O–H groups in total. The van der Waals surface area contributed by atoms with E-state index in [9.17, 15) is 18.4 Å². The van der Waals surface area contributed by atoms with Gasteiger partial charge in [-0.05, 0) is 38.0 Å². The van der Waals surface area contributed by atoms with Crippen molar-refractivity contribution < 1.29 is 28.2 Å². The zero-order chi connectivity index (χ0) is 16.8. The molecule has 0 spiro atoms. The predicted molar refractivity (Wildman–Crippen MR) is 75.8 cm³/mol. The molecule has 1 aromatic rings. The number of carbonyl (C=O) groups excluding carboxylic acids is 1. The van der Waals surface area contributed by atoms with Gasteiger partial charge in [0.1, 0.15) is 5.75 Å². The van der Waals surface area contributed by atoms with Crippen LogP contribution in [-0.4, -0.2) is 30.1 Å². The van der Waals surface area contributed by atoms with Gasteiger partial charge in [-0.15, -0.1) is 0 Å². The van der Waals surface area contributed by atoms with Crippen molar-refractivity contribution in [3.8, 4) is 5.75 Å². The number of hydrogen-bond acceptors (Lipinski definition) is 3. The van der Waals surface area contributed by atoms with Gasteiger partial charge in [-0.1, -0.05) is 12.1 Å². The van der Waals surface area contributed by atoms with E-state index in [4.69, 9.17) is 5.11 Å². The third-order valence-corrected chi connectivity index (χ3v) is 3.16. The Morgan fingerprint density at radius 2 is 1.86 bits per heavy atom. The number of alkyl halides is 2. The Morgan fingerprint density at radius 3 is 2.36 bits per heavy atom. The first-order chi connectivity index (χ1) is 10.2. The molecule has 0 fully saturated rings. The van der Waals surface area contributed by atoms with Gasteiger partial charge >= 0.3 is 12.6 Å². The van der Waals surface area contributed by atoms with Crippen molar-refractivity contribution in [3.05, 3.63) is 29.8 Å². The Labute approximate surface area is 127 Å². The van der Waals surface area contributed by atoms with E-state index >= 15 is 0 Å². The number of ether oxygens (including phenoxy) is 1. The van der Waals surface area contributed by atoms with Crippen LogP contribution in [0.1, 0.15) is 25.8 Å². The van der Waals surface area contributed by atoms with E-state index in [2.05, 4.69) is 10.1 Å². The molecule has 0 aliphatic rings. The van der Waals surface area contributed by atoms with Gasteiger partial charge in [0.15, 0.2) is 0 Å². The molecule has 0 saturated heterocycles. The molecule has 122 valence electrons. The van der Waals surface area contributed by atoms with E-state index in [-0.39, 0.29) is 24.6 Å². The number of carboxylic acids is 1. The minimum absolute atomic E-state index is 0.0300. The van der Waals surface area contributed by atoms with Crippen molar-refractivity contribution in [1.82, 2.24) is 5.32 Å². The standard InChI is InChI=1S/C15H19F2NO4/c1-15(2,13(20)21)7-8-18-12(19)9-10-3-5-11(6-4-10)22-14(16)17/h3-6,14H,7-9H2,1-2H3,(H,18,19)(H,20,21). The van der Waals surface area contributed by atoms with Gasteiger partial charge in [0.2, 0.25) is 5.91 Å². The van der Waals surface area contributed by atoms with Gasteiger partial charge in [0, 0.05) is 6.54 Å². The van der Waals surface area contributed by atoms with Crippen molar-refractivity contribution in [2.45, 2.75) is 33.3 Å². The Morgan fingerprint density at radius 1 is 1.27 bits per heavy atom. The summed E-state index contributed by atoms with van der Waals surface area (Å²) in [6, 6.07) is 5.78. The highest BCUT2D eigenvalue weighted by molar-refractivity contribution is 5.78. The van der Waals surface area contributed by atoms with Crippen LogP contribution in [0.15, 0.2) is 24.3 Å². The molecular formula is C15H19F2NO4. The first kappa shape index (κ1) is 17.9. The Hall–Kier alpha value is -2.18. The average molecular weight is 315 g/mol. The van der Waals surface area contributed by atoms with Gasteiger partial charge < -0.3 is 15.2 Å². The second kappa shape index (κ2) is 7.72. The molecule has 0 heterocycles. The van der Waals surface area contributed by atoms with Crippen LogP contribution in [0.2, 0.25) is 0 Å². The first-order valence-electron chi connectivity index (χ1n) is 6.74.